The summed E-state index contributed by atoms with van der Waals surface area (Å²) in [5.74, 6) is -1.11. The van der Waals surface area contributed by atoms with Crippen LogP contribution in [0, 0.1) is 5.89 Å². The van der Waals surface area contributed by atoms with E-state index in [1.54, 1.807) is 6.08 Å². The van der Waals surface area contributed by atoms with Crippen molar-refractivity contribution in [1.29, 1.82) is 0 Å². The molecule has 3 heteroatoms. The Balaban J connectivity index is 2.72. The Kier molecular flexibility index (Phi) is 2.10. The van der Waals surface area contributed by atoms with Crippen molar-refractivity contribution in [2.45, 2.75) is 12.8 Å². The highest BCUT2D eigenvalue weighted by molar-refractivity contribution is 5.20. The average molecular weight is 156 g/mol. The lowest BCUT2D eigenvalue weighted by atomic mass is 9.95. The Bertz CT molecular complexity index is 237. The van der Waals surface area contributed by atoms with Crippen LogP contribution in [0.2, 0.25) is 0 Å². The molecular weight excluding hydrogens is 142 g/mol. The van der Waals surface area contributed by atoms with E-state index in [2.05, 4.69) is 0 Å². The summed E-state index contributed by atoms with van der Waals surface area (Å²) in [6.07, 6.45) is 3.55. The zero-order valence-electron chi connectivity index (χ0n) is 7.25. The molecule has 0 spiro atoms. The van der Waals surface area contributed by atoms with E-state index in [-0.39, 0.29) is 17.9 Å². The molecule has 0 fully saturated rings. The van der Waals surface area contributed by atoms with Crippen molar-refractivity contribution in [1.82, 2.24) is 0 Å². The van der Waals surface area contributed by atoms with Gasteiger partial charge in [0.15, 0.2) is 5.76 Å². The molecule has 11 heavy (non-hydrogen) atoms. The highest BCUT2D eigenvalue weighted by Crippen LogP contribution is 2.22. The quantitative estimate of drug-likeness (QED) is 0.563. The monoisotopic (exact) mass is 156 g/mol. The summed E-state index contributed by atoms with van der Waals surface area (Å²) in [6, 6.07) is 0. The molecule has 0 bridgehead atoms. The third-order valence-corrected chi connectivity index (χ3v) is 1.63. The summed E-state index contributed by atoms with van der Waals surface area (Å²) in [5.41, 5.74) is 5.31. The van der Waals surface area contributed by atoms with Crippen molar-refractivity contribution in [3.05, 3.63) is 23.7 Å². The van der Waals surface area contributed by atoms with Gasteiger partial charge in [-0.1, -0.05) is 6.08 Å². The smallest absolute Gasteiger partial charge is 0.152 e. The van der Waals surface area contributed by atoms with E-state index in [1.807, 2.05) is 0 Å². The fraction of sp³-hybridized carbons (Fsp3) is 0.500. The third-order valence-electron chi connectivity index (χ3n) is 1.63. The van der Waals surface area contributed by atoms with Crippen molar-refractivity contribution in [2.75, 3.05) is 6.54 Å². The van der Waals surface area contributed by atoms with Gasteiger partial charge in [-0.05, 0) is 24.9 Å². The van der Waals surface area contributed by atoms with Crippen molar-refractivity contribution in [3.63, 3.8) is 0 Å². The largest absolute Gasteiger partial charge is 0.508 e. The minimum absolute atomic E-state index is 0.124. The molecule has 62 valence electrons. The van der Waals surface area contributed by atoms with Gasteiger partial charge in [-0.25, -0.2) is 0 Å². The molecular formula is C8H13NO2. The first kappa shape index (κ1) is 6.73. The van der Waals surface area contributed by atoms with Crippen LogP contribution in [0.25, 0.3) is 0 Å². The van der Waals surface area contributed by atoms with Gasteiger partial charge in [0.2, 0.25) is 0 Å². The van der Waals surface area contributed by atoms with E-state index in [9.17, 15) is 0 Å². The lowest BCUT2D eigenvalue weighted by Crippen LogP contribution is -2.10. The van der Waals surface area contributed by atoms with Crippen LogP contribution in [0.4, 0.5) is 0 Å². The van der Waals surface area contributed by atoms with Gasteiger partial charge in [-0.15, -0.1) is 0 Å². The van der Waals surface area contributed by atoms with Gasteiger partial charge in [0.1, 0.15) is 5.76 Å². The molecule has 0 aromatic heterocycles. The Labute approximate surface area is 67.2 Å². The highest BCUT2D eigenvalue weighted by atomic mass is 16.3. The molecule has 0 aromatic rings. The van der Waals surface area contributed by atoms with Crippen LogP contribution in [0.5, 0.6) is 0 Å². The normalized spacial score (nSPS) is 32.3. The fourth-order valence-electron chi connectivity index (χ4n) is 1.01. The molecule has 1 aliphatic carbocycles. The second kappa shape index (κ2) is 3.44. The summed E-state index contributed by atoms with van der Waals surface area (Å²) in [7, 11) is 0. The number of rotatable bonds is 2. The zero-order valence-corrected chi connectivity index (χ0v) is 6.25. The number of allylic oxidation sites excluding steroid dienone is 3. The van der Waals surface area contributed by atoms with Crippen LogP contribution in [-0.2, 0) is 0 Å². The van der Waals surface area contributed by atoms with Gasteiger partial charge >= 0.3 is 0 Å². The topological polar surface area (TPSA) is 66.5 Å². The molecule has 0 heterocycles. The Hall–Kier alpha value is -0.960. The molecule has 0 saturated heterocycles. The van der Waals surface area contributed by atoms with Crippen molar-refractivity contribution >= 4 is 0 Å². The summed E-state index contributed by atoms with van der Waals surface area (Å²) in [5, 5.41) is 18.2. The summed E-state index contributed by atoms with van der Waals surface area (Å²) in [6.45, 7) is 0.405. The molecule has 4 N–H and O–H groups in total. The van der Waals surface area contributed by atoms with Crippen LogP contribution in [-0.4, -0.2) is 16.8 Å². The Morgan fingerprint density at radius 1 is 1.73 bits per heavy atom. The van der Waals surface area contributed by atoms with E-state index >= 15 is 0 Å². The standard InChI is InChI=1S/C8H13NO2/c9-4-3-6-1-2-7(10)8(11)5-6/h1-2,6,10-11H,3-5,9H2/i6D. The average Bonchev–Trinajstić information content (AvgIpc) is 1.98. The van der Waals surface area contributed by atoms with E-state index in [1.165, 1.54) is 6.08 Å². The molecule has 1 aliphatic rings. The van der Waals surface area contributed by atoms with Crippen molar-refractivity contribution in [3.8, 4) is 0 Å². The van der Waals surface area contributed by atoms with E-state index in [0.29, 0.717) is 13.0 Å². The molecule has 1 atom stereocenters. The first-order valence-electron chi connectivity index (χ1n) is 4.08. The minimum atomic E-state index is -0.842. The molecule has 0 aliphatic heterocycles. The second-order valence-corrected chi connectivity index (χ2v) is 2.54. The molecule has 1 unspecified atom stereocenters. The van der Waals surface area contributed by atoms with Gasteiger partial charge in [0.05, 0.1) is 0 Å². The van der Waals surface area contributed by atoms with E-state index in [0.717, 1.165) is 0 Å². The zero-order chi connectivity index (χ0) is 9.19. The molecule has 0 radical (unpaired) electrons. The van der Waals surface area contributed by atoms with Gasteiger partial charge in [0, 0.05) is 7.79 Å². The number of aliphatic hydroxyl groups is 2. The predicted octanol–water partition coefficient (Wildman–Crippen LogP) is 1.24. The maximum atomic E-state index is 9.16. The number of aliphatic hydroxyl groups excluding tert-OH is 2. The van der Waals surface area contributed by atoms with Crippen LogP contribution in [0.15, 0.2) is 23.7 Å². The first-order chi connectivity index (χ1) is 5.57. The lowest BCUT2D eigenvalue weighted by Gasteiger charge is -2.15. The van der Waals surface area contributed by atoms with Crippen LogP contribution < -0.4 is 5.73 Å². The Morgan fingerprint density at radius 3 is 3.00 bits per heavy atom. The Morgan fingerprint density at radius 2 is 2.45 bits per heavy atom. The summed E-state index contributed by atoms with van der Waals surface area (Å²) >= 11 is 0. The van der Waals surface area contributed by atoms with Gasteiger partial charge < -0.3 is 15.9 Å². The van der Waals surface area contributed by atoms with E-state index < -0.39 is 5.89 Å². The van der Waals surface area contributed by atoms with Crippen molar-refractivity contribution < 1.29 is 11.6 Å². The van der Waals surface area contributed by atoms with Crippen LogP contribution in [0.1, 0.15) is 14.2 Å². The molecule has 1 rings (SSSR count). The van der Waals surface area contributed by atoms with Crippen LogP contribution >= 0.6 is 0 Å². The highest BCUT2D eigenvalue weighted by Gasteiger charge is 2.13. The molecule has 3 nitrogen and oxygen atoms in total. The molecule has 0 aromatic carbocycles. The third kappa shape index (κ3) is 1.98. The summed E-state index contributed by atoms with van der Waals surface area (Å²) < 4.78 is 7.77. The second-order valence-electron chi connectivity index (χ2n) is 2.54. The summed E-state index contributed by atoms with van der Waals surface area (Å²) in [4.78, 5) is 0. The fourth-order valence-corrected chi connectivity index (χ4v) is 1.01. The molecule has 0 amide bonds. The van der Waals surface area contributed by atoms with Gasteiger partial charge in [0.25, 0.3) is 0 Å². The molecule has 0 saturated carbocycles. The maximum Gasteiger partial charge on any atom is 0.152 e. The number of hydrogen-bond acceptors (Lipinski definition) is 3. The maximum absolute atomic E-state index is 9.16. The first-order valence-corrected chi connectivity index (χ1v) is 3.58. The number of hydrogen-bond donors (Lipinski definition) is 3. The van der Waals surface area contributed by atoms with Gasteiger partial charge in [-0.3, -0.25) is 0 Å². The number of nitrogens with two attached hydrogens (primary N) is 1. The predicted molar refractivity (Wildman–Crippen MR) is 43.2 cm³/mol. The van der Waals surface area contributed by atoms with Gasteiger partial charge in [-0.2, -0.15) is 0 Å². The van der Waals surface area contributed by atoms with Crippen LogP contribution in [0.3, 0.4) is 0 Å². The SMILES string of the molecule is [2H]C1(CCN)C=CC(O)=C(O)C1. The van der Waals surface area contributed by atoms with E-state index in [4.69, 9.17) is 17.3 Å². The minimum Gasteiger partial charge on any atom is -0.508 e. The lowest BCUT2D eigenvalue weighted by molar-refractivity contribution is 0.300. The van der Waals surface area contributed by atoms with Crippen molar-refractivity contribution in [2.24, 2.45) is 11.6 Å².